The summed E-state index contributed by atoms with van der Waals surface area (Å²) in [6.07, 6.45) is -1.78. The van der Waals surface area contributed by atoms with Gasteiger partial charge in [0, 0.05) is 19.6 Å². The minimum atomic E-state index is -4.22. The van der Waals surface area contributed by atoms with Gasteiger partial charge in [0.05, 0.1) is 18.7 Å². The standard InChI is InChI=1S/C12H17F3N4O/c1-20-8-4-9(19(5-8)6-12(13,14)15)11-16-10(17-18-11)7-2-3-7/h7-9H,2-6H2,1H3,(H,16,17,18)/t8-,9+/m1/s1. The fraction of sp³-hybridized carbons (Fsp3) is 0.833. The molecule has 1 aromatic heterocycles. The second-order valence-corrected chi connectivity index (χ2v) is 5.51. The number of likely N-dealkylation sites (tertiary alicyclic amines) is 1. The smallest absolute Gasteiger partial charge is 0.380 e. The molecule has 1 aromatic rings. The predicted octanol–water partition coefficient (Wildman–Crippen LogP) is 2.01. The number of halogens is 3. The van der Waals surface area contributed by atoms with E-state index in [1.165, 1.54) is 12.0 Å². The van der Waals surface area contributed by atoms with Crippen LogP contribution in [0.1, 0.15) is 42.9 Å². The molecule has 1 aliphatic heterocycles. The van der Waals surface area contributed by atoms with Gasteiger partial charge in [-0.15, -0.1) is 0 Å². The summed E-state index contributed by atoms with van der Waals surface area (Å²) in [5.41, 5.74) is 0. The zero-order valence-corrected chi connectivity index (χ0v) is 11.2. The molecule has 0 bridgehead atoms. The van der Waals surface area contributed by atoms with Gasteiger partial charge >= 0.3 is 6.18 Å². The molecule has 2 heterocycles. The highest BCUT2D eigenvalue weighted by molar-refractivity contribution is 5.09. The second kappa shape index (κ2) is 5.00. The summed E-state index contributed by atoms with van der Waals surface area (Å²) in [5, 5.41) is 6.92. The fourth-order valence-electron chi connectivity index (χ4n) is 2.68. The van der Waals surface area contributed by atoms with Crippen LogP contribution in [0.2, 0.25) is 0 Å². The highest BCUT2D eigenvalue weighted by Crippen LogP contribution is 2.39. The van der Waals surface area contributed by atoms with Crippen molar-refractivity contribution in [3.8, 4) is 0 Å². The van der Waals surface area contributed by atoms with Crippen LogP contribution >= 0.6 is 0 Å². The maximum Gasteiger partial charge on any atom is 0.401 e. The third-order valence-electron chi connectivity index (χ3n) is 3.86. The summed E-state index contributed by atoms with van der Waals surface area (Å²) in [6, 6.07) is -0.401. The van der Waals surface area contributed by atoms with Gasteiger partial charge in [0.25, 0.3) is 0 Å². The number of rotatable bonds is 4. The molecule has 1 aliphatic carbocycles. The lowest BCUT2D eigenvalue weighted by atomic mass is 10.2. The lowest BCUT2D eigenvalue weighted by Gasteiger charge is -2.23. The van der Waals surface area contributed by atoms with Crippen LogP contribution in [0.3, 0.4) is 0 Å². The lowest BCUT2D eigenvalue weighted by molar-refractivity contribution is -0.148. The van der Waals surface area contributed by atoms with Crippen molar-refractivity contribution >= 4 is 0 Å². The number of nitrogens with one attached hydrogen (secondary N) is 1. The highest BCUT2D eigenvalue weighted by atomic mass is 19.4. The maximum atomic E-state index is 12.6. The SMILES string of the molecule is CO[C@@H]1C[C@@H](c2nc(C3CC3)n[nH]2)N(CC(F)(F)F)C1. The molecule has 5 nitrogen and oxygen atoms in total. The second-order valence-electron chi connectivity index (χ2n) is 5.51. The van der Waals surface area contributed by atoms with Gasteiger partial charge in [0.15, 0.2) is 5.82 Å². The van der Waals surface area contributed by atoms with Crippen molar-refractivity contribution in [2.45, 2.75) is 43.5 Å². The van der Waals surface area contributed by atoms with Gasteiger partial charge in [-0.3, -0.25) is 10.00 Å². The number of ether oxygens (including phenoxy) is 1. The number of hydrogen-bond donors (Lipinski definition) is 1. The molecule has 20 heavy (non-hydrogen) atoms. The van der Waals surface area contributed by atoms with Gasteiger partial charge < -0.3 is 4.74 Å². The largest absolute Gasteiger partial charge is 0.401 e. The summed E-state index contributed by atoms with van der Waals surface area (Å²) in [5.74, 6) is 1.64. The van der Waals surface area contributed by atoms with E-state index in [9.17, 15) is 13.2 Å². The Balaban J connectivity index is 1.76. The van der Waals surface area contributed by atoms with Crippen LogP contribution in [-0.4, -0.2) is 52.6 Å². The molecule has 1 saturated carbocycles. The average molecular weight is 290 g/mol. The van der Waals surface area contributed by atoms with E-state index < -0.39 is 18.8 Å². The molecular formula is C12H17F3N4O. The number of aromatic amines is 1. The van der Waals surface area contributed by atoms with E-state index in [1.807, 2.05) is 0 Å². The zero-order valence-electron chi connectivity index (χ0n) is 11.2. The van der Waals surface area contributed by atoms with Gasteiger partial charge in [-0.1, -0.05) is 0 Å². The van der Waals surface area contributed by atoms with E-state index in [0.717, 1.165) is 18.7 Å². The molecule has 0 radical (unpaired) electrons. The van der Waals surface area contributed by atoms with Crippen molar-refractivity contribution in [1.82, 2.24) is 20.1 Å². The monoisotopic (exact) mass is 290 g/mol. The van der Waals surface area contributed by atoms with Gasteiger partial charge in [-0.25, -0.2) is 4.98 Å². The number of H-pyrrole nitrogens is 1. The summed E-state index contributed by atoms with van der Waals surface area (Å²) >= 11 is 0. The molecule has 8 heteroatoms. The molecule has 0 aromatic carbocycles. The minimum Gasteiger partial charge on any atom is -0.380 e. The third-order valence-corrected chi connectivity index (χ3v) is 3.86. The Morgan fingerprint density at radius 2 is 2.15 bits per heavy atom. The van der Waals surface area contributed by atoms with Crippen molar-refractivity contribution in [1.29, 1.82) is 0 Å². The topological polar surface area (TPSA) is 54.0 Å². The molecule has 0 amide bonds. The Bertz CT molecular complexity index is 472. The van der Waals surface area contributed by atoms with E-state index >= 15 is 0 Å². The van der Waals surface area contributed by atoms with Crippen LogP contribution in [-0.2, 0) is 4.74 Å². The Hall–Kier alpha value is -1.15. The predicted molar refractivity (Wildman–Crippen MR) is 64.1 cm³/mol. The van der Waals surface area contributed by atoms with Gasteiger partial charge in [-0.2, -0.15) is 18.3 Å². The van der Waals surface area contributed by atoms with E-state index in [-0.39, 0.29) is 12.6 Å². The first-order chi connectivity index (χ1) is 9.46. The molecule has 2 atom stereocenters. The minimum absolute atomic E-state index is 0.197. The van der Waals surface area contributed by atoms with Crippen LogP contribution in [0.4, 0.5) is 13.2 Å². The zero-order chi connectivity index (χ0) is 14.3. The first kappa shape index (κ1) is 13.8. The van der Waals surface area contributed by atoms with Gasteiger partial charge in [-0.05, 0) is 19.3 Å². The molecular weight excluding hydrogens is 273 g/mol. The van der Waals surface area contributed by atoms with Crippen LogP contribution < -0.4 is 0 Å². The van der Waals surface area contributed by atoms with E-state index in [4.69, 9.17) is 4.74 Å². The summed E-state index contributed by atoms with van der Waals surface area (Å²) in [6.45, 7) is -0.683. The molecule has 3 rings (SSSR count). The molecule has 2 aliphatic rings. The van der Waals surface area contributed by atoms with Crippen LogP contribution in [0.15, 0.2) is 0 Å². The lowest BCUT2D eigenvalue weighted by Crippen LogP contribution is -2.35. The van der Waals surface area contributed by atoms with Gasteiger partial charge in [0.2, 0.25) is 0 Å². The molecule has 112 valence electrons. The van der Waals surface area contributed by atoms with E-state index in [0.29, 0.717) is 18.2 Å². The Morgan fingerprint density at radius 1 is 1.40 bits per heavy atom. The molecule has 1 N–H and O–H groups in total. The van der Waals surface area contributed by atoms with Gasteiger partial charge in [0.1, 0.15) is 5.82 Å². The Kier molecular flexibility index (Phi) is 3.45. The number of aromatic nitrogens is 3. The highest BCUT2D eigenvalue weighted by Gasteiger charge is 2.42. The Labute approximate surface area is 114 Å². The molecule has 0 unspecified atom stereocenters. The first-order valence-corrected chi connectivity index (χ1v) is 6.72. The first-order valence-electron chi connectivity index (χ1n) is 6.72. The van der Waals surface area contributed by atoms with Crippen LogP contribution in [0.25, 0.3) is 0 Å². The van der Waals surface area contributed by atoms with Crippen molar-refractivity contribution in [3.05, 3.63) is 11.6 Å². The number of hydrogen-bond acceptors (Lipinski definition) is 4. The Morgan fingerprint density at radius 3 is 2.75 bits per heavy atom. The van der Waals surface area contributed by atoms with Crippen molar-refractivity contribution < 1.29 is 17.9 Å². The van der Waals surface area contributed by atoms with E-state index in [1.54, 1.807) is 0 Å². The van der Waals surface area contributed by atoms with Crippen LogP contribution in [0.5, 0.6) is 0 Å². The van der Waals surface area contributed by atoms with Crippen molar-refractivity contribution in [2.75, 3.05) is 20.2 Å². The molecule has 0 spiro atoms. The normalized spacial score (nSPS) is 28.2. The summed E-state index contributed by atoms with van der Waals surface area (Å²) < 4.78 is 43.1. The van der Waals surface area contributed by atoms with Crippen molar-refractivity contribution in [3.63, 3.8) is 0 Å². The van der Waals surface area contributed by atoms with E-state index in [2.05, 4.69) is 15.2 Å². The quantitative estimate of drug-likeness (QED) is 0.921. The van der Waals surface area contributed by atoms with Crippen molar-refractivity contribution in [2.24, 2.45) is 0 Å². The van der Waals surface area contributed by atoms with Crippen LogP contribution in [0, 0.1) is 0 Å². The maximum absolute atomic E-state index is 12.6. The number of nitrogens with zero attached hydrogens (tertiary/aromatic N) is 3. The summed E-state index contributed by atoms with van der Waals surface area (Å²) in [4.78, 5) is 5.74. The third kappa shape index (κ3) is 2.95. The number of alkyl halides is 3. The molecule has 1 saturated heterocycles. The average Bonchev–Trinajstić information content (AvgIpc) is 2.96. The summed E-state index contributed by atoms with van der Waals surface area (Å²) in [7, 11) is 1.52. The molecule has 2 fully saturated rings. The number of methoxy groups -OCH3 is 1. The fourth-order valence-corrected chi connectivity index (χ4v) is 2.68.